The Hall–Kier alpha value is -1.00. The number of rotatable bonds is 5. The van der Waals surface area contributed by atoms with Gasteiger partial charge in [-0.2, -0.15) is 0 Å². The molecule has 0 fully saturated rings. The van der Waals surface area contributed by atoms with Crippen molar-refractivity contribution in [2.75, 3.05) is 13.7 Å². The Morgan fingerprint density at radius 3 is 2.94 bits per heavy atom. The van der Waals surface area contributed by atoms with E-state index < -0.39 is 0 Å². The van der Waals surface area contributed by atoms with E-state index in [1.54, 1.807) is 13.4 Å². The number of hydrogen-bond donors (Lipinski definition) is 1. The standard InChI is InChI=1S/C13H16BrNO2/c1-16-11-8-9(4-2-3-6-15)12(14)10-5-7-17-13(10)11/h5,7-8H,2-4,6,15H2,1H3. The molecule has 0 aliphatic heterocycles. The topological polar surface area (TPSA) is 48.4 Å². The van der Waals surface area contributed by atoms with E-state index in [-0.39, 0.29) is 0 Å². The van der Waals surface area contributed by atoms with Crippen LogP contribution in [-0.2, 0) is 6.42 Å². The van der Waals surface area contributed by atoms with Crippen LogP contribution in [0.15, 0.2) is 27.3 Å². The lowest BCUT2D eigenvalue weighted by atomic mass is 10.1. The molecule has 1 aromatic carbocycles. The lowest BCUT2D eigenvalue weighted by Gasteiger charge is -2.08. The number of nitrogens with two attached hydrogens (primary N) is 1. The third kappa shape index (κ3) is 2.48. The van der Waals surface area contributed by atoms with Gasteiger partial charge >= 0.3 is 0 Å². The van der Waals surface area contributed by atoms with Crippen molar-refractivity contribution >= 4 is 26.9 Å². The highest BCUT2D eigenvalue weighted by molar-refractivity contribution is 9.10. The Balaban J connectivity index is 2.37. The van der Waals surface area contributed by atoms with Crippen molar-refractivity contribution in [3.63, 3.8) is 0 Å². The van der Waals surface area contributed by atoms with Crippen molar-refractivity contribution in [1.82, 2.24) is 0 Å². The highest BCUT2D eigenvalue weighted by Gasteiger charge is 2.12. The van der Waals surface area contributed by atoms with Gasteiger partial charge in [0.05, 0.1) is 13.4 Å². The molecule has 2 rings (SSSR count). The summed E-state index contributed by atoms with van der Waals surface area (Å²) in [4.78, 5) is 0. The molecule has 0 bridgehead atoms. The van der Waals surface area contributed by atoms with Crippen LogP contribution in [0.1, 0.15) is 18.4 Å². The summed E-state index contributed by atoms with van der Waals surface area (Å²) < 4.78 is 11.9. The van der Waals surface area contributed by atoms with E-state index in [1.165, 1.54) is 5.56 Å². The molecule has 4 heteroatoms. The van der Waals surface area contributed by atoms with Crippen LogP contribution in [0.4, 0.5) is 0 Å². The number of fused-ring (bicyclic) bond motifs is 1. The molecule has 0 saturated heterocycles. The number of benzene rings is 1. The van der Waals surface area contributed by atoms with E-state index in [2.05, 4.69) is 15.9 Å². The molecule has 92 valence electrons. The molecule has 0 radical (unpaired) electrons. The molecule has 0 aliphatic rings. The van der Waals surface area contributed by atoms with Crippen molar-refractivity contribution in [3.8, 4) is 5.75 Å². The molecular formula is C13H16BrNO2. The van der Waals surface area contributed by atoms with E-state index in [0.717, 1.165) is 47.0 Å². The summed E-state index contributed by atoms with van der Waals surface area (Å²) in [5.74, 6) is 0.788. The monoisotopic (exact) mass is 297 g/mol. The van der Waals surface area contributed by atoms with E-state index in [0.29, 0.717) is 0 Å². The highest BCUT2D eigenvalue weighted by atomic mass is 79.9. The molecule has 2 N–H and O–H groups in total. The number of hydrogen-bond acceptors (Lipinski definition) is 3. The predicted octanol–water partition coefficient (Wildman–Crippen LogP) is 3.49. The third-order valence-electron chi connectivity index (χ3n) is 2.83. The van der Waals surface area contributed by atoms with Crippen LogP contribution in [0.2, 0.25) is 0 Å². The van der Waals surface area contributed by atoms with E-state index in [9.17, 15) is 0 Å². The maximum atomic E-state index is 5.51. The Morgan fingerprint density at radius 1 is 1.41 bits per heavy atom. The van der Waals surface area contributed by atoms with Crippen molar-refractivity contribution in [2.45, 2.75) is 19.3 Å². The summed E-state index contributed by atoms with van der Waals surface area (Å²) in [7, 11) is 1.66. The van der Waals surface area contributed by atoms with Crippen LogP contribution in [0, 0.1) is 0 Å². The average Bonchev–Trinajstić information content (AvgIpc) is 2.82. The first-order chi connectivity index (χ1) is 8.27. The van der Waals surface area contributed by atoms with Gasteiger partial charge in [-0.1, -0.05) is 0 Å². The van der Waals surface area contributed by atoms with Gasteiger partial charge < -0.3 is 14.9 Å². The number of ether oxygens (including phenoxy) is 1. The Kier molecular flexibility index (Phi) is 4.07. The number of aryl methyl sites for hydroxylation is 1. The molecule has 2 aromatic rings. The van der Waals surface area contributed by atoms with Crippen LogP contribution in [0.3, 0.4) is 0 Å². The minimum Gasteiger partial charge on any atom is -0.493 e. The van der Waals surface area contributed by atoms with Gasteiger partial charge in [0, 0.05) is 9.86 Å². The summed E-state index contributed by atoms with van der Waals surface area (Å²) in [6, 6.07) is 3.99. The summed E-state index contributed by atoms with van der Waals surface area (Å²) >= 11 is 3.63. The lowest BCUT2D eigenvalue weighted by molar-refractivity contribution is 0.409. The van der Waals surface area contributed by atoms with Gasteiger partial charge in [-0.05, 0) is 59.4 Å². The molecule has 0 amide bonds. The zero-order valence-electron chi connectivity index (χ0n) is 9.83. The molecular weight excluding hydrogens is 282 g/mol. The summed E-state index contributed by atoms with van der Waals surface area (Å²) in [5, 5.41) is 1.06. The fourth-order valence-electron chi connectivity index (χ4n) is 1.93. The third-order valence-corrected chi connectivity index (χ3v) is 3.77. The smallest absolute Gasteiger partial charge is 0.176 e. The van der Waals surface area contributed by atoms with Crippen LogP contribution in [0.25, 0.3) is 11.0 Å². The maximum Gasteiger partial charge on any atom is 0.176 e. The van der Waals surface area contributed by atoms with Crippen molar-refractivity contribution in [3.05, 3.63) is 28.4 Å². The van der Waals surface area contributed by atoms with Crippen molar-refractivity contribution in [2.24, 2.45) is 5.73 Å². The van der Waals surface area contributed by atoms with Gasteiger partial charge in [0.2, 0.25) is 0 Å². The van der Waals surface area contributed by atoms with Gasteiger partial charge in [-0.3, -0.25) is 0 Å². The first-order valence-corrected chi connectivity index (χ1v) is 6.50. The van der Waals surface area contributed by atoms with Gasteiger partial charge in [0.1, 0.15) is 0 Å². The fraction of sp³-hybridized carbons (Fsp3) is 0.385. The molecule has 17 heavy (non-hydrogen) atoms. The molecule has 0 unspecified atom stereocenters. The van der Waals surface area contributed by atoms with Gasteiger partial charge in [0.25, 0.3) is 0 Å². The average molecular weight is 298 g/mol. The Morgan fingerprint density at radius 2 is 2.24 bits per heavy atom. The van der Waals surface area contributed by atoms with Crippen molar-refractivity contribution in [1.29, 1.82) is 0 Å². The fourth-order valence-corrected chi connectivity index (χ4v) is 2.55. The molecule has 1 aromatic heterocycles. The Bertz CT molecular complexity index is 507. The van der Waals surface area contributed by atoms with E-state index in [1.807, 2.05) is 12.1 Å². The number of halogens is 1. The van der Waals surface area contributed by atoms with Gasteiger partial charge in [0.15, 0.2) is 11.3 Å². The van der Waals surface area contributed by atoms with E-state index in [4.69, 9.17) is 14.9 Å². The minimum absolute atomic E-state index is 0.739. The first-order valence-electron chi connectivity index (χ1n) is 5.70. The Labute approximate surface area is 109 Å². The van der Waals surface area contributed by atoms with Crippen LogP contribution >= 0.6 is 15.9 Å². The van der Waals surface area contributed by atoms with E-state index >= 15 is 0 Å². The second-order valence-corrected chi connectivity index (χ2v) is 4.75. The minimum atomic E-state index is 0.739. The second kappa shape index (κ2) is 5.56. The molecule has 1 heterocycles. The zero-order valence-corrected chi connectivity index (χ0v) is 11.4. The zero-order chi connectivity index (χ0) is 12.3. The number of unbranched alkanes of at least 4 members (excludes halogenated alkanes) is 1. The highest BCUT2D eigenvalue weighted by Crippen LogP contribution is 2.36. The molecule has 0 atom stereocenters. The van der Waals surface area contributed by atoms with Gasteiger partial charge in [-0.15, -0.1) is 0 Å². The first kappa shape index (κ1) is 12.5. The van der Waals surface area contributed by atoms with Crippen LogP contribution < -0.4 is 10.5 Å². The molecule has 0 saturated carbocycles. The van der Waals surface area contributed by atoms with Crippen LogP contribution in [-0.4, -0.2) is 13.7 Å². The summed E-state index contributed by atoms with van der Waals surface area (Å²) in [5.41, 5.74) is 7.54. The summed E-state index contributed by atoms with van der Waals surface area (Å²) in [6.07, 6.45) is 4.80. The quantitative estimate of drug-likeness (QED) is 0.860. The van der Waals surface area contributed by atoms with Crippen LogP contribution in [0.5, 0.6) is 5.75 Å². The second-order valence-electron chi connectivity index (χ2n) is 3.96. The summed E-state index contributed by atoms with van der Waals surface area (Å²) in [6.45, 7) is 0.739. The molecule has 3 nitrogen and oxygen atoms in total. The SMILES string of the molecule is COc1cc(CCCCN)c(Br)c2ccoc12. The largest absolute Gasteiger partial charge is 0.493 e. The number of furan rings is 1. The number of methoxy groups -OCH3 is 1. The van der Waals surface area contributed by atoms with Gasteiger partial charge in [-0.25, -0.2) is 0 Å². The lowest BCUT2D eigenvalue weighted by Crippen LogP contribution is -1.99. The normalized spacial score (nSPS) is 11.0. The predicted molar refractivity (Wildman–Crippen MR) is 72.5 cm³/mol. The molecule has 0 aliphatic carbocycles. The van der Waals surface area contributed by atoms with Crippen molar-refractivity contribution < 1.29 is 9.15 Å². The maximum absolute atomic E-state index is 5.51. The molecule has 0 spiro atoms.